The molecule has 0 amide bonds. The molecule has 8 aliphatic rings. The molecule has 0 spiro atoms. The van der Waals surface area contributed by atoms with Gasteiger partial charge in [0.1, 0.15) is 0 Å². The van der Waals surface area contributed by atoms with Crippen LogP contribution < -0.4 is 0 Å². The monoisotopic (exact) mass is 899 g/mol. The van der Waals surface area contributed by atoms with Gasteiger partial charge in [0.05, 0.1) is 0 Å². The molecular weight excluding hydrogens is 876 g/mol. The molecule has 13 heteroatoms. The first-order valence-electron chi connectivity index (χ1n) is 17.7. The van der Waals surface area contributed by atoms with Crippen molar-refractivity contribution >= 4 is 19.7 Å². The van der Waals surface area contributed by atoms with Gasteiger partial charge in [0.25, 0.3) is 0 Å². The van der Waals surface area contributed by atoms with Gasteiger partial charge in [-0.2, -0.15) is 0 Å². The Bertz CT molecular complexity index is 2490. The third kappa shape index (κ3) is 4.10. The Morgan fingerprint density at radius 3 is 1.18 bits per heavy atom. The molecule has 8 heterocycles. The van der Waals surface area contributed by atoms with Gasteiger partial charge in [0.2, 0.25) is 0 Å². The number of hydrogen-bond acceptors (Lipinski definition) is 10. The van der Waals surface area contributed by atoms with Crippen LogP contribution >= 0.6 is 0 Å². The molecule has 4 aromatic rings. The Labute approximate surface area is 322 Å². The minimum atomic E-state index is -0.920. The molecule has 0 radical (unpaired) electrons. The number of nitrogens with zero attached hydrogens (tertiary/aromatic N) is 8. The second kappa shape index (κ2) is 10.9. The second-order valence-corrected chi connectivity index (χ2v) is 16.9. The van der Waals surface area contributed by atoms with Gasteiger partial charge in [-0.3, -0.25) is 0 Å². The number of nitriles is 2. The zero-order chi connectivity index (χ0) is 36.7. The molecule has 55 heavy (non-hydrogen) atoms. The van der Waals surface area contributed by atoms with Gasteiger partial charge in [-0.05, 0) is 0 Å². The van der Waals surface area contributed by atoms with E-state index in [1.165, 1.54) is 0 Å². The van der Waals surface area contributed by atoms with E-state index in [1.54, 1.807) is 12.1 Å². The molecule has 0 saturated carbocycles. The van der Waals surface area contributed by atoms with Gasteiger partial charge in [-0.1, -0.05) is 0 Å². The van der Waals surface area contributed by atoms with E-state index < -0.39 is 17.6 Å². The van der Waals surface area contributed by atoms with Gasteiger partial charge < -0.3 is 0 Å². The molecule has 0 N–H and O–H groups in total. The molecule has 0 aliphatic carbocycles. The summed E-state index contributed by atoms with van der Waals surface area (Å²) in [5, 5.41) is 19.7. The molecule has 12 rings (SSSR count). The summed E-state index contributed by atoms with van der Waals surface area (Å²) in [5.41, 5.74) is 9.45. The summed E-state index contributed by atoms with van der Waals surface area (Å²) in [6.07, 6.45) is 0. The van der Waals surface area contributed by atoms with Crippen molar-refractivity contribution in [2.45, 2.75) is 24.2 Å². The van der Waals surface area contributed by atoms with Crippen LogP contribution in [0.2, 0.25) is 0 Å². The zero-order valence-corrected chi connectivity index (χ0v) is 30.9. The van der Waals surface area contributed by atoms with Crippen molar-refractivity contribution in [2.75, 3.05) is 26.4 Å². The normalized spacial score (nSPS) is 23.9. The number of fused-ring (bicyclic) bond motifs is 8. The molecule has 6 bridgehead atoms. The molecule has 12 nitrogen and oxygen atoms in total. The summed E-state index contributed by atoms with van der Waals surface area (Å²) in [7, 11) is 0. The van der Waals surface area contributed by atoms with Crippen molar-refractivity contribution in [3.05, 3.63) is 153 Å². The fourth-order valence-corrected chi connectivity index (χ4v) is 12.8. The fraction of sp³-hybridized carbons (Fsp3) is 0.190. The molecule has 4 fully saturated rings. The quantitative estimate of drug-likeness (QED) is 0.204. The standard InChI is InChI=1S/C42H24N8O4.Pt/c1-45-33-12-28(13-34(14-33)46-2)27-8-31-11-32(9-27)38-20-54-42-40-48(22-50(38)42)36(18-52-40)30-7-26(25-4-23(15-43)3-24(5-25)16-44)6-29(10-30)35-17-51-39-41-49(21-47(35)39)37(31)19-53-41;/h3-14,35-38H,17-20H2;. The summed E-state index contributed by atoms with van der Waals surface area (Å²) in [6.45, 7) is 17.2. The van der Waals surface area contributed by atoms with Crippen molar-refractivity contribution < 1.29 is 36.6 Å². The SMILES string of the molecule is [C-]#[N+]c1cc([N+]#[C-])cc(-c2cc3cc(c2)C2COC4=C5OCC6c7cc(-c8cc(C#N)cc(C#N)c8)cc(c7)C7COC8=C9OCC3N9[C](=[Pt]=[C](N56)N42)N87)c1. The van der Waals surface area contributed by atoms with Crippen molar-refractivity contribution in [1.29, 1.82) is 10.5 Å². The predicted molar refractivity (Wildman–Crippen MR) is 192 cm³/mol. The first kappa shape index (κ1) is 30.6. The van der Waals surface area contributed by atoms with E-state index in [9.17, 15) is 10.5 Å². The second-order valence-electron chi connectivity index (χ2n) is 14.3. The Morgan fingerprint density at radius 2 is 0.836 bits per heavy atom. The predicted octanol–water partition coefficient (Wildman–Crippen LogP) is 6.62. The van der Waals surface area contributed by atoms with Crippen LogP contribution in [-0.2, 0) is 36.6 Å². The van der Waals surface area contributed by atoms with Crippen molar-refractivity contribution in [3.8, 4) is 34.4 Å². The third-order valence-electron chi connectivity index (χ3n) is 11.4. The minimum absolute atomic E-state index is 0.146. The molecule has 8 aliphatic heterocycles. The van der Waals surface area contributed by atoms with Crippen molar-refractivity contribution in [1.82, 2.24) is 19.6 Å². The number of benzene rings is 4. The Morgan fingerprint density at radius 1 is 0.491 bits per heavy atom. The first-order chi connectivity index (χ1) is 27.0. The van der Waals surface area contributed by atoms with Gasteiger partial charge in [0, 0.05) is 0 Å². The summed E-state index contributed by atoms with van der Waals surface area (Å²) in [5.74, 6) is 2.86. The van der Waals surface area contributed by atoms with Crippen LogP contribution in [0.25, 0.3) is 31.9 Å². The average molecular weight is 900 g/mol. The molecule has 4 atom stereocenters. The molecular formula is C42H24N8O4Pt. The summed E-state index contributed by atoms with van der Waals surface area (Å²) in [4.78, 5) is 16.7. The molecule has 266 valence electrons. The van der Waals surface area contributed by atoms with E-state index in [4.69, 9.17) is 32.1 Å². The van der Waals surface area contributed by atoms with Crippen molar-refractivity contribution in [2.24, 2.45) is 0 Å². The average Bonchev–Trinajstić information content (AvgIpc) is 4.07. The topological polar surface area (TPSA) is 106 Å². The van der Waals surface area contributed by atoms with Crippen LogP contribution in [0, 0.1) is 35.8 Å². The van der Waals surface area contributed by atoms with E-state index in [0.29, 0.717) is 72.5 Å². The number of hydrogen-bond donors (Lipinski definition) is 0. The summed E-state index contributed by atoms with van der Waals surface area (Å²) < 4.78 is 28.7. The Hall–Kier alpha value is -6.85. The first-order valence-corrected chi connectivity index (χ1v) is 19.9. The van der Waals surface area contributed by atoms with Crippen LogP contribution in [0.4, 0.5) is 11.4 Å². The van der Waals surface area contributed by atoms with E-state index in [0.717, 1.165) is 52.8 Å². The summed E-state index contributed by atoms with van der Waals surface area (Å²) >= 11 is -0.920. The van der Waals surface area contributed by atoms with Crippen LogP contribution in [0.5, 0.6) is 0 Å². The molecule has 0 aromatic heterocycles. The molecule has 4 aromatic carbocycles. The van der Waals surface area contributed by atoms with Gasteiger partial charge in [0.15, 0.2) is 0 Å². The van der Waals surface area contributed by atoms with E-state index in [2.05, 4.69) is 77.8 Å². The van der Waals surface area contributed by atoms with Crippen molar-refractivity contribution in [3.63, 3.8) is 0 Å². The van der Waals surface area contributed by atoms with Gasteiger partial charge in [-0.25, -0.2) is 0 Å². The Kier molecular flexibility index (Phi) is 6.04. The molecule has 4 unspecified atom stereocenters. The van der Waals surface area contributed by atoms with Crippen LogP contribution in [0.3, 0.4) is 0 Å². The van der Waals surface area contributed by atoms with Crippen LogP contribution in [0.1, 0.15) is 57.5 Å². The van der Waals surface area contributed by atoms with E-state index in [-0.39, 0.29) is 24.2 Å². The van der Waals surface area contributed by atoms with E-state index in [1.807, 2.05) is 24.3 Å². The Balaban J connectivity index is 1.10. The van der Waals surface area contributed by atoms with E-state index >= 15 is 0 Å². The zero-order valence-electron chi connectivity index (χ0n) is 28.6. The number of ether oxygens (including phenoxy) is 4. The van der Waals surface area contributed by atoms with Gasteiger partial charge >= 0.3 is 324 Å². The maximum absolute atomic E-state index is 9.84. The van der Waals surface area contributed by atoms with Crippen LogP contribution in [0.15, 0.2) is 96.3 Å². The van der Waals surface area contributed by atoms with Crippen LogP contribution in [-0.4, -0.2) is 54.3 Å². The summed E-state index contributed by atoms with van der Waals surface area (Å²) in [6, 6.07) is 27.7. The van der Waals surface area contributed by atoms with Gasteiger partial charge in [-0.15, -0.1) is 0 Å². The number of rotatable bonds is 2. The fourth-order valence-electron chi connectivity index (χ4n) is 8.92. The molecule has 4 saturated heterocycles. The third-order valence-corrected chi connectivity index (χ3v) is 14.6. The maximum atomic E-state index is 9.84.